The first-order valence-electron chi connectivity index (χ1n) is 11.7. The second-order valence-corrected chi connectivity index (χ2v) is 10.4. The van der Waals surface area contributed by atoms with Crippen LogP contribution in [0.25, 0.3) is 54.6 Å². The maximum absolute atomic E-state index is 6.42. The molecule has 0 spiro atoms. The van der Waals surface area contributed by atoms with Crippen LogP contribution in [0.2, 0.25) is 0 Å². The van der Waals surface area contributed by atoms with Crippen molar-refractivity contribution in [2.24, 2.45) is 0 Å². The first-order valence-corrected chi connectivity index (χ1v) is 11.7. The molecule has 0 saturated carbocycles. The van der Waals surface area contributed by atoms with Crippen LogP contribution in [0.4, 0.5) is 0 Å². The van der Waals surface area contributed by atoms with Gasteiger partial charge in [0.1, 0.15) is 0 Å². The van der Waals surface area contributed by atoms with Gasteiger partial charge in [0.2, 0.25) is 0 Å². The van der Waals surface area contributed by atoms with Crippen LogP contribution in [0, 0.1) is 0 Å². The fourth-order valence-electron chi connectivity index (χ4n) is 5.55. The molecule has 0 bridgehead atoms. The van der Waals surface area contributed by atoms with Crippen molar-refractivity contribution < 1.29 is 9.31 Å². The fraction of sp³-hybridized carbons (Fsp3) is 0.200. The van der Waals surface area contributed by atoms with Crippen LogP contribution in [0.15, 0.2) is 78.9 Å². The van der Waals surface area contributed by atoms with Gasteiger partial charge in [-0.1, -0.05) is 66.7 Å². The van der Waals surface area contributed by atoms with Gasteiger partial charge in [-0.3, -0.25) is 0 Å². The van der Waals surface area contributed by atoms with Gasteiger partial charge >= 0.3 is 7.12 Å². The monoisotopic (exact) mass is 428 g/mol. The Morgan fingerprint density at radius 2 is 1.21 bits per heavy atom. The van der Waals surface area contributed by atoms with Crippen LogP contribution in [0.5, 0.6) is 0 Å². The maximum atomic E-state index is 6.42. The molecule has 0 aromatic heterocycles. The largest absolute Gasteiger partial charge is 0.495 e. The molecule has 0 unspecified atom stereocenters. The molecule has 160 valence electrons. The van der Waals surface area contributed by atoms with Gasteiger partial charge < -0.3 is 9.31 Å². The fourth-order valence-corrected chi connectivity index (χ4v) is 5.55. The molecule has 1 aliphatic heterocycles. The number of hydrogen-bond donors (Lipinski definition) is 0. The van der Waals surface area contributed by atoms with Crippen LogP contribution in [-0.4, -0.2) is 18.3 Å². The maximum Gasteiger partial charge on any atom is 0.495 e. The van der Waals surface area contributed by atoms with Crippen LogP contribution < -0.4 is 5.46 Å². The van der Waals surface area contributed by atoms with E-state index in [1.165, 1.54) is 54.6 Å². The molecule has 1 fully saturated rings. The Bertz CT molecular complexity index is 1610. The Hall–Kier alpha value is -3.14. The van der Waals surface area contributed by atoms with Crippen molar-refractivity contribution in [3.05, 3.63) is 78.9 Å². The summed E-state index contributed by atoms with van der Waals surface area (Å²) < 4.78 is 12.8. The lowest BCUT2D eigenvalue weighted by Crippen LogP contribution is -2.41. The summed E-state index contributed by atoms with van der Waals surface area (Å²) in [5.41, 5.74) is 5.60. The van der Waals surface area contributed by atoms with Crippen molar-refractivity contribution in [1.29, 1.82) is 0 Å². The topological polar surface area (TPSA) is 18.5 Å². The van der Waals surface area contributed by atoms with E-state index in [2.05, 4.69) is 107 Å². The summed E-state index contributed by atoms with van der Waals surface area (Å²) in [7, 11) is -0.369. The first kappa shape index (κ1) is 19.3. The highest BCUT2D eigenvalue weighted by Gasteiger charge is 2.52. The van der Waals surface area contributed by atoms with Gasteiger partial charge in [0.15, 0.2) is 0 Å². The van der Waals surface area contributed by atoms with Crippen LogP contribution >= 0.6 is 0 Å². The quantitative estimate of drug-likeness (QED) is 0.206. The molecule has 33 heavy (non-hydrogen) atoms. The van der Waals surface area contributed by atoms with Crippen molar-refractivity contribution in [1.82, 2.24) is 0 Å². The first-order chi connectivity index (χ1) is 15.8. The summed E-state index contributed by atoms with van der Waals surface area (Å²) in [6, 6.07) is 28.9. The minimum Gasteiger partial charge on any atom is -0.399 e. The minimum absolute atomic E-state index is 0.359. The lowest BCUT2D eigenvalue weighted by atomic mass is 9.75. The average Bonchev–Trinajstić information content (AvgIpc) is 3.23. The SMILES string of the molecule is CC1(C)OB(c2ccc3c4c(cccc24)-c2cc4ccc5ccccc5c4cc2-3)OC1(C)C. The van der Waals surface area contributed by atoms with Crippen molar-refractivity contribution in [3.8, 4) is 22.3 Å². The molecule has 2 aliphatic rings. The highest BCUT2D eigenvalue weighted by Crippen LogP contribution is 2.49. The molecule has 0 amide bonds. The molecule has 1 aliphatic carbocycles. The number of rotatable bonds is 1. The summed E-state index contributed by atoms with van der Waals surface area (Å²) in [5, 5.41) is 7.69. The third kappa shape index (κ3) is 2.52. The van der Waals surface area contributed by atoms with Crippen molar-refractivity contribution in [2.45, 2.75) is 38.9 Å². The van der Waals surface area contributed by atoms with E-state index in [0.29, 0.717) is 0 Å². The van der Waals surface area contributed by atoms with E-state index in [0.717, 1.165) is 5.46 Å². The second kappa shape index (κ2) is 6.25. The summed E-state index contributed by atoms with van der Waals surface area (Å²) in [4.78, 5) is 0. The van der Waals surface area contributed by atoms with E-state index in [9.17, 15) is 0 Å². The van der Waals surface area contributed by atoms with Crippen molar-refractivity contribution in [2.75, 3.05) is 0 Å². The van der Waals surface area contributed by atoms with Crippen molar-refractivity contribution in [3.63, 3.8) is 0 Å². The summed E-state index contributed by atoms with van der Waals surface area (Å²) in [5.74, 6) is 0. The molecule has 2 nitrogen and oxygen atoms in total. The van der Waals surface area contributed by atoms with Crippen LogP contribution in [0.1, 0.15) is 27.7 Å². The van der Waals surface area contributed by atoms with Gasteiger partial charge in [0.25, 0.3) is 0 Å². The van der Waals surface area contributed by atoms with Gasteiger partial charge in [0, 0.05) is 0 Å². The molecule has 0 radical (unpaired) electrons. The van der Waals surface area contributed by atoms with Gasteiger partial charge in [-0.25, -0.2) is 0 Å². The zero-order chi connectivity index (χ0) is 22.5. The molecule has 0 N–H and O–H groups in total. The summed E-state index contributed by atoms with van der Waals surface area (Å²) in [6.07, 6.45) is 0. The lowest BCUT2D eigenvalue weighted by molar-refractivity contribution is 0.00578. The Morgan fingerprint density at radius 1 is 0.545 bits per heavy atom. The second-order valence-electron chi connectivity index (χ2n) is 10.4. The molecule has 0 atom stereocenters. The van der Waals surface area contributed by atoms with Crippen LogP contribution in [-0.2, 0) is 9.31 Å². The van der Waals surface area contributed by atoms with E-state index in [-0.39, 0.29) is 18.3 Å². The highest BCUT2D eigenvalue weighted by atomic mass is 16.7. The predicted octanol–water partition coefficient (Wildman–Crippen LogP) is 7.09. The molecule has 5 aromatic rings. The summed E-state index contributed by atoms with van der Waals surface area (Å²) in [6.45, 7) is 8.44. The summed E-state index contributed by atoms with van der Waals surface area (Å²) >= 11 is 0. The van der Waals surface area contributed by atoms with E-state index in [4.69, 9.17) is 9.31 Å². The third-order valence-electron chi connectivity index (χ3n) is 8.04. The standard InChI is InChI=1S/C30H25BO2/c1-29(2)30(3,4)33-31(32-29)27-15-14-22-26-17-24-19(13-12-18-8-5-6-9-20(18)24)16-25(26)21-10-7-11-23(27)28(21)22/h5-17H,1-4H3. The minimum atomic E-state index is -0.369. The predicted molar refractivity (Wildman–Crippen MR) is 139 cm³/mol. The van der Waals surface area contributed by atoms with Crippen LogP contribution in [0.3, 0.4) is 0 Å². The smallest absolute Gasteiger partial charge is 0.399 e. The van der Waals surface area contributed by atoms with Crippen molar-refractivity contribution >= 4 is 44.9 Å². The van der Waals surface area contributed by atoms with E-state index in [1.807, 2.05) is 0 Å². The zero-order valence-electron chi connectivity index (χ0n) is 19.4. The Morgan fingerprint density at radius 3 is 2.03 bits per heavy atom. The van der Waals surface area contributed by atoms with E-state index < -0.39 is 0 Å². The zero-order valence-corrected chi connectivity index (χ0v) is 19.4. The molecule has 1 saturated heterocycles. The van der Waals surface area contributed by atoms with Gasteiger partial charge in [0.05, 0.1) is 11.2 Å². The molecule has 1 heterocycles. The number of fused-ring (bicyclic) bond motifs is 6. The molecular weight excluding hydrogens is 403 g/mol. The molecule has 3 heteroatoms. The van der Waals surface area contributed by atoms with Gasteiger partial charge in [-0.2, -0.15) is 0 Å². The van der Waals surface area contributed by atoms with Gasteiger partial charge in [-0.15, -0.1) is 0 Å². The Balaban J connectivity index is 1.48. The highest BCUT2D eigenvalue weighted by molar-refractivity contribution is 6.65. The molecule has 5 aromatic carbocycles. The lowest BCUT2D eigenvalue weighted by Gasteiger charge is -2.32. The number of benzene rings is 5. The average molecular weight is 428 g/mol. The number of hydrogen-bond acceptors (Lipinski definition) is 2. The Kier molecular flexibility index (Phi) is 3.67. The van der Waals surface area contributed by atoms with Gasteiger partial charge in [-0.05, 0) is 99.9 Å². The Labute approximate surface area is 194 Å². The van der Waals surface area contributed by atoms with E-state index >= 15 is 0 Å². The third-order valence-corrected chi connectivity index (χ3v) is 8.04. The molecule has 7 rings (SSSR count). The van der Waals surface area contributed by atoms with E-state index in [1.54, 1.807) is 0 Å². The normalized spacial score (nSPS) is 17.9. The molecular formula is C30H25BO2.